The average molecular weight is 312 g/mol. The predicted octanol–water partition coefficient (Wildman–Crippen LogP) is 5.97. The maximum absolute atomic E-state index is 14.5. The minimum atomic E-state index is -0.179. The molecule has 0 aromatic heterocycles. The van der Waals surface area contributed by atoms with Crippen LogP contribution < -0.4 is 4.74 Å². The van der Waals surface area contributed by atoms with E-state index < -0.39 is 0 Å². The first-order valence-electron chi connectivity index (χ1n) is 8.60. The van der Waals surface area contributed by atoms with Crippen LogP contribution in [0.25, 0.3) is 11.1 Å². The second kappa shape index (κ2) is 6.74. The van der Waals surface area contributed by atoms with Crippen molar-refractivity contribution >= 4 is 0 Å². The van der Waals surface area contributed by atoms with Gasteiger partial charge in [0.2, 0.25) is 0 Å². The minimum Gasteiger partial charge on any atom is -0.497 e. The minimum absolute atomic E-state index is 0.179. The van der Waals surface area contributed by atoms with E-state index in [1.807, 2.05) is 6.07 Å². The monoisotopic (exact) mass is 312 g/mol. The third kappa shape index (κ3) is 3.12. The molecule has 122 valence electrons. The van der Waals surface area contributed by atoms with Crippen molar-refractivity contribution < 1.29 is 9.13 Å². The van der Waals surface area contributed by atoms with Crippen LogP contribution in [-0.4, -0.2) is 7.11 Å². The van der Waals surface area contributed by atoms with Gasteiger partial charge in [0.15, 0.2) is 0 Å². The van der Waals surface area contributed by atoms with Crippen LogP contribution in [0.4, 0.5) is 4.39 Å². The molecule has 0 bridgehead atoms. The smallest absolute Gasteiger partial charge is 0.131 e. The molecule has 2 atom stereocenters. The summed E-state index contributed by atoms with van der Waals surface area (Å²) in [6.07, 6.45) is 4.74. The van der Waals surface area contributed by atoms with Crippen molar-refractivity contribution in [1.29, 1.82) is 0 Å². The van der Waals surface area contributed by atoms with Gasteiger partial charge in [0.1, 0.15) is 11.6 Å². The predicted molar refractivity (Wildman–Crippen MR) is 93.5 cm³/mol. The zero-order chi connectivity index (χ0) is 16.4. The zero-order valence-corrected chi connectivity index (χ0v) is 14.2. The third-order valence-corrected chi connectivity index (χ3v) is 5.25. The van der Waals surface area contributed by atoms with Gasteiger partial charge in [0.05, 0.1) is 7.11 Å². The van der Waals surface area contributed by atoms with E-state index in [0.717, 1.165) is 12.0 Å². The fourth-order valence-electron chi connectivity index (χ4n) is 3.83. The highest BCUT2D eigenvalue weighted by Gasteiger charge is 2.28. The van der Waals surface area contributed by atoms with E-state index in [4.69, 9.17) is 4.74 Å². The second-order valence-corrected chi connectivity index (χ2v) is 6.64. The Morgan fingerprint density at radius 3 is 2.57 bits per heavy atom. The highest BCUT2D eigenvalue weighted by atomic mass is 19.1. The van der Waals surface area contributed by atoms with Gasteiger partial charge in [-0.3, -0.25) is 0 Å². The maximum atomic E-state index is 14.5. The second-order valence-electron chi connectivity index (χ2n) is 6.64. The van der Waals surface area contributed by atoms with Gasteiger partial charge in [-0.05, 0) is 59.6 Å². The molecule has 0 N–H and O–H groups in total. The van der Waals surface area contributed by atoms with Gasteiger partial charge in [0, 0.05) is 5.56 Å². The van der Waals surface area contributed by atoms with Crippen LogP contribution in [0.2, 0.25) is 0 Å². The fourth-order valence-corrected chi connectivity index (χ4v) is 3.83. The lowest BCUT2D eigenvalue weighted by Crippen LogP contribution is -2.05. The molecule has 0 heterocycles. The van der Waals surface area contributed by atoms with Crippen molar-refractivity contribution in [3.05, 3.63) is 53.3 Å². The van der Waals surface area contributed by atoms with Crippen LogP contribution in [0.15, 0.2) is 36.4 Å². The van der Waals surface area contributed by atoms with E-state index in [2.05, 4.69) is 32.0 Å². The van der Waals surface area contributed by atoms with Crippen molar-refractivity contribution in [2.45, 2.75) is 45.4 Å². The van der Waals surface area contributed by atoms with E-state index >= 15 is 0 Å². The van der Waals surface area contributed by atoms with Crippen LogP contribution in [0.5, 0.6) is 5.75 Å². The Hall–Kier alpha value is -1.83. The molecule has 0 radical (unpaired) electrons. The van der Waals surface area contributed by atoms with Gasteiger partial charge in [-0.15, -0.1) is 0 Å². The number of rotatable bonds is 4. The van der Waals surface area contributed by atoms with Gasteiger partial charge >= 0.3 is 0 Å². The molecule has 1 aliphatic rings. The molecule has 2 aromatic rings. The van der Waals surface area contributed by atoms with E-state index in [0.29, 0.717) is 23.1 Å². The Labute approximate surface area is 138 Å². The van der Waals surface area contributed by atoms with Gasteiger partial charge in [-0.1, -0.05) is 44.9 Å². The zero-order valence-electron chi connectivity index (χ0n) is 14.2. The molecule has 0 spiro atoms. The summed E-state index contributed by atoms with van der Waals surface area (Å²) >= 11 is 0. The van der Waals surface area contributed by atoms with E-state index in [9.17, 15) is 4.39 Å². The number of halogens is 1. The summed E-state index contributed by atoms with van der Waals surface area (Å²) in [6.45, 7) is 4.49. The molecular formula is C21H25FO. The number of hydrogen-bond acceptors (Lipinski definition) is 1. The SMILES string of the molecule is CCc1ccc(-c2cc(OC)ccc2F)c(C2CCCC2C)c1. The van der Waals surface area contributed by atoms with Gasteiger partial charge in [-0.2, -0.15) is 0 Å². The molecule has 1 aliphatic carbocycles. The molecule has 3 rings (SSSR count). The Bertz CT molecular complexity index is 692. The average Bonchev–Trinajstić information content (AvgIpc) is 3.01. The first-order valence-corrected chi connectivity index (χ1v) is 8.60. The first-order chi connectivity index (χ1) is 11.1. The number of methoxy groups -OCH3 is 1. The number of aryl methyl sites for hydroxylation is 1. The van der Waals surface area contributed by atoms with Crippen molar-refractivity contribution in [3.63, 3.8) is 0 Å². The Morgan fingerprint density at radius 1 is 1.09 bits per heavy atom. The molecule has 1 fully saturated rings. The van der Waals surface area contributed by atoms with Crippen molar-refractivity contribution in [2.75, 3.05) is 7.11 Å². The summed E-state index contributed by atoms with van der Waals surface area (Å²) in [5.41, 5.74) is 4.31. The van der Waals surface area contributed by atoms with Crippen LogP contribution in [-0.2, 0) is 6.42 Å². The maximum Gasteiger partial charge on any atom is 0.131 e. The van der Waals surface area contributed by atoms with E-state index in [1.54, 1.807) is 13.2 Å². The van der Waals surface area contributed by atoms with Gasteiger partial charge in [-0.25, -0.2) is 4.39 Å². The van der Waals surface area contributed by atoms with Crippen LogP contribution in [0, 0.1) is 11.7 Å². The molecule has 23 heavy (non-hydrogen) atoms. The Balaban J connectivity index is 2.15. The largest absolute Gasteiger partial charge is 0.497 e. The van der Waals surface area contributed by atoms with E-state index in [1.165, 1.54) is 36.5 Å². The van der Waals surface area contributed by atoms with E-state index in [-0.39, 0.29) is 5.82 Å². The number of hydrogen-bond donors (Lipinski definition) is 0. The molecule has 0 saturated heterocycles. The summed E-state index contributed by atoms with van der Waals surface area (Å²) in [4.78, 5) is 0. The molecule has 1 saturated carbocycles. The molecule has 0 aliphatic heterocycles. The van der Waals surface area contributed by atoms with Gasteiger partial charge in [0.25, 0.3) is 0 Å². The molecule has 2 aromatic carbocycles. The standard InChI is InChI=1S/C21H25FO/c1-4-15-8-10-18(19(12-15)17-7-5-6-14(17)2)20-13-16(23-3)9-11-21(20)22/h8-14,17H,4-7H2,1-3H3. The first kappa shape index (κ1) is 16.0. The lowest BCUT2D eigenvalue weighted by atomic mass is 9.83. The van der Waals surface area contributed by atoms with Crippen molar-refractivity contribution in [1.82, 2.24) is 0 Å². The topological polar surface area (TPSA) is 9.23 Å². The molecule has 2 heteroatoms. The Morgan fingerprint density at radius 2 is 1.91 bits per heavy atom. The van der Waals surface area contributed by atoms with Crippen LogP contribution in [0.1, 0.15) is 50.2 Å². The number of benzene rings is 2. The van der Waals surface area contributed by atoms with Crippen molar-refractivity contribution in [2.24, 2.45) is 5.92 Å². The summed E-state index contributed by atoms with van der Waals surface area (Å²) in [5.74, 6) is 1.71. The highest BCUT2D eigenvalue weighted by Crippen LogP contribution is 2.44. The van der Waals surface area contributed by atoms with Crippen LogP contribution in [0.3, 0.4) is 0 Å². The quantitative estimate of drug-likeness (QED) is 0.676. The lowest BCUT2D eigenvalue weighted by molar-refractivity contribution is 0.414. The fraction of sp³-hybridized carbons (Fsp3) is 0.429. The highest BCUT2D eigenvalue weighted by molar-refractivity contribution is 5.70. The summed E-state index contributed by atoms with van der Waals surface area (Å²) in [5, 5.41) is 0. The van der Waals surface area contributed by atoms with Crippen molar-refractivity contribution in [3.8, 4) is 16.9 Å². The normalized spacial score (nSPS) is 20.7. The molecule has 0 amide bonds. The summed E-state index contributed by atoms with van der Waals surface area (Å²) in [6, 6.07) is 11.5. The van der Waals surface area contributed by atoms with Crippen LogP contribution >= 0.6 is 0 Å². The molecular weight excluding hydrogens is 287 g/mol. The third-order valence-electron chi connectivity index (χ3n) is 5.25. The molecule has 1 nitrogen and oxygen atoms in total. The Kier molecular flexibility index (Phi) is 4.70. The number of ether oxygens (including phenoxy) is 1. The van der Waals surface area contributed by atoms with Gasteiger partial charge < -0.3 is 4.74 Å². The lowest BCUT2D eigenvalue weighted by Gasteiger charge is -2.21. The summed E-state index contributed by atoms with van der Waals surface area (Å²) in [7, 11) is 1.62. The summed E-state index contributed by atoms with van der Waals surface area (Å²) < 4.78 is 19.8. The molecule has 2 unspecified atom stereocenters.